The Hall–Kier alpha value is -1.23. The van der Waals surface area contributed by atoms with Gasteiger partial charge in [0.25, 0.3) is 0 Å². The number of ether oxygens (including phenoxy) is 2. The van der Waals surface area contributed by atoms with Gasteiger partial charge in [-0.3, -0.25) is 0 Å². The molecule has 2 aliphatic carbocycles. The summed E-state index contributed by atoms with van der Waals surface area (Å²) in [6.07, 6.45) is 0.880. The third-order valence-electron chi connectivity index (χ3n) is 6.18. The first-order chi connectivity index (χ1) is 15.1. The molecule has 2 unspecified atom stereocenters. The largest absolute Gasteiger partial charge is 0.380 e. The van der Waals surface area contributed by atoms with Crippen molar-refractivity contribution in [2.75, 3.05) is 19.8 Å². The minimum atomic E-state index is -6.41. The van der Waals surface area contributed by atoms with Crippen LogP contribution in [-0.2, 0) is 9.47 Å². The van der Waals surface area contributed by atoms with Crippen molar-refractivity contribution in [1.82, 2.24) is 0 Å². The zero-order valence-corrected chi connectivity index (χ0v) is 17.9. The lowest BCUT2D eigenvalue weighted by Gasteiger charge is -2.37. The van der Waals surface area contributed by atoms with Crippen LogP contribution in [-0.4, -0.2) is 61.7 Å². The van der Waals surface area contributed by atoms with Crippen LogP contribution in [0.25, 0.3) is 0 Å². The zero-order valence-electron chi connectivity index (χ0n) is 17.9. The summed E-state index contributed by atoms with van der Waals surface area (Å²) in [6, 6.07) is 1.28. The van der Waals surface area contributed by atoms with E-state index in [1.165, 1.54) is 0 Å². The molecule has 13 heteroatoms. The summed E-state index contributed by atoms with van der Waals surface area (Å²) in [4.78, 5) is 0. The van der Waals surface area contributed by atoms with E-state index in [9.17, 15) is 35.1 Å². The van der Waals surface area contributed by atoms with E-state index in [-0.39, 0.29) is 43.7 Å². The lowest BCUT2D eigenvalue weighted by Crippen LogP contribution is -2.64. The van der Waals surface area contributed by atoms with Crippen LogP contribution < -0.4 is 11.5 Å². The van der Waals surface area contributed by atoms with E-state index in [1.807, 2.05) is 6.07 Å². The average Bonchev–Trinajstić information content (AvgIpc) is 2.71. The molecule has 5 nitrogen and oxygen atoms in total. The zero-order chi connectivity index (χ0) is 25.1. The van der Waals surface area contributed by atoms with Gasteiger partial charge in [0, 0.05) is 24.6 Å². The molecule has 0 bridgehead atoms. The number of nitrogens with zero attached hydrogens (tertiary/aromatic N) is 1. The Morgan fingerprint density at radius 3 is 1.73 bits per heavy atom. The molecule has 0 amide bonds. The smallest absolute Gasteiger partial charge is 0.375 e. The fraction of sp³-hybridized carbons (Fsp3) is 0.950. The van der Waals surface area contributed by atoms with Gasteiger partial charge in [0.05, 0.1) is 12.2 Å². The Morgan fingerprint density at radius 2 is 1.24 bits per heavy atom. The monoisotopic (exact) mass is 495 g/mol. The van der Waals surface area contributed by atoms with Crippen LogP contribution in [0, 0.1) is 23.2 Å². The predicted octanol–water partition coefficient (Wildman–Crippen LogP) is 4.10. The molecule has 2 rings (SSSR count). The minimum absolute atomic E-state index is 0.0920. The number of nitrogens with two attached hydrogens (primary N) is 2. The van der Waals surface area contributed by atoms with Gasteiger partial charge in [-0.05, 0) is 50.9 Å². The molecule has 192 valence electrons. The molecule has 0 aromatic carbocycles. The van der Waals surface area contributed by atoms with Gasteiger partial charge < -0.3 is 20.9 Å². The predicted molar refractivity (Wildman–Crippen MR) is 101 cm³/mol. The Kier molecular flexibility index (Phi) is 8.98. The standard InChI is InChI=1S/C20H29F8N3O2/c21-17(22,10-32-9-13-5-14(30)7-15(31)6-13)19(25,26)20(27,28)18(23,24)11-33-16-3-1-12(8-29)2-4-16/h12-16H,1-7,9-11,30-31H2. The molecule has 0 radical (unpaired) electrons. The molecule has 0 aliphatic heterocycles. The van der Waals surface area contributed by atoms with Crippen LogP contribution in [0.5, 0.6) is 0 Å². The number of hydrogen-bond donors (Lipinski definition) is 2. The summed E-state index contributed by atoms with van der Waals surface area (Å²) in [6.45, 7) is -4.83. The highest BCUT2D eigenvalue weighted by Gasteiger charge is 2.80. The molecule has 0 aromatic heterocycles. The van der Waals surface area contributed by atoms with Crippen LogP contribution in [0.3, 0.4) is 0 Å². The Balaban J connectivity index is 1.95. The van der Waals surface area contributed by atoms with Crippen molar-refractivity contribution in [3.05, 3.63) is 0 Å². The number of rotatable bonds is 10. The lowest BCUT2D eigenvalue weighted by molar-refractivity contribution is -0.378. The van der Waals surface area contributed by atoms with Crippen molar-refractivity contribution in [2.45, 2.75) is 86.8 Å². The maximum atomic E-state index is 14.0. The molecule has 0 heterocycles. The summed E-state index contributed by atoms with van der Waals surface area (Å²) in [5, 5.41) is 8.78. The molecule has 2 saturated carbocycles. The summed E-state index contributed by atoms with van der Waals surface area (Å²) in [7, 11) is 0. The fourth-order valence-electron chi connectivity index (χ4n) is 4.25. The van der Waals surface area contributed by atoms with Gasteiger partial charge in [0.15, 0.2) is 0 Å². The maximum Gasteiger partial charge on any atom is 0.380 e. The van der Waals surface area contributed by atoms with Gasteiger partial charge in [-0.2, -0.15) is 40.4 Å². The molecule has 33 heavy (non-hydrogen) atoms. The first kappa shape index (κ1) is 28.0. The van der Waals surface area contributed by atoms with E-state index in [0.717, 1.165) is 0 Å². The van der Waals surface area contributed by atoms with Crippen molar-refractivity contribution in [1.29, 1.82) is 5.26 Å². The van der Waals surface area contributed by atoms with Crippen molar-refractivity contribution in [3.8, 4) is 6.07 Å². The molecular weight excluding hydrogens is 466 g/mol. The van der Waals surface area contributed by atoms with Crippen LogP contribution in [0.15, 0.2) is 0 Å². The topological polar surface area (TPSA) is 94.3 Å². The highest BCUT2D eigenvalue weighted by molar-refractivity contribution is 5.04. The second-order valence-corrected chi connectivity index (χ2v) is 9.08. The van der Waals surface area contributed by atoms with Crippen LogP contribution in [0.1, 0.15) is 44.9 Å². The maximum absolute atomic E-state index is 14.0. The molecule has 0 saturated heterocycles. The van der Waals surface area contributed by atoms with Gasteiger partial charge in [-0.1, -0.05) is 0 Å². The molecule has 0 spiro atoms. The molecule has 2 atom stereocenters. The van der Waals surface area contributed by atoms with Crippen molar-refractivity contribution in [2.24, 2.45) is 23.3 Å². The van der Waals surface area contributed by atoms with Crippen LogP contribution >= 0.6 is 0 Å². The van der Waals surface area contributed by atoms with E-state index in [0.29, 0.717) is 19.3 Å². The van der Waals surface area contributed by atoms with Crippen LogP contribution in [0.4, 0.5) is 35.1 Å². The van der Waals surface area contributed by atoms with E-state index in [4.69, 9.17) is 16.7 Å². The van der Waals surface area contributed by atoms with E-state index < -0.39 is 55.5 Å². The summed E-state index contributed by atoms with van der Waals surface area (Å²) in [5.41, 5.74) is 11.5. The third kappa shape index (κ3) is 6.46. The number of halogens is 8. The Labute approximate surface area is 186 Å². The minimum Gasteiger partial charge on any atom is -0.375 e. The van der Waals surface area contributed by atoms with Gasteiger partial charge in [0.2, 0.25) is 0 Å². The molecule has 4 N–H and O–H groups in total. The van der Waals surface area contributed by atoms with Gasteiger partial charge >= 0.3 is 23.7 Å². The van der Waals surface area contributed by atoms with Gasteiger partial charge in [-0.25, -0.2) is 0 Å². The normalized spacial score (nSPS) is 30.2. The first-order valence-electron chi connectivity index (χ1n) is 10.7. The second-order valence-electron chi connectivity index (χ2n) is 9.08. The van der Waals surface area contributed by atoms with E-state index >= 15 is 0 Å². The molecular formula is C20H29F8N3O2. The quantitative estimate of drug-likeness (QED) is 0.445. The Morgan fingerprint density at radius 1 is 0.758 bits per heavy atom. The average molecular weight is 495 g/mol. The highest BCUT2D eigenvalue weighted by Crippen LogP contribution is 2.53. The number of alkyl halides is 8. The van der Waals surface area contributed by atoms with Gasteiger partial charge in [-0.15, -0.1) is 0 Å². The fourth-order valence-corrected chi connectivity index (χ4v) is 4.25. The van der Waals surface area contributed by atoms with Crippen LogP contribution in [0.2, 0.25) is 0 Å². The molecule has 2 fully saturated rings. The van der Waals surface area contributed by atoms with E-state index in [1.54, 1.807) is 0 Å². The molecule has 2 aliphatic rings. The van der Waals surface area contributed by atoms with Crippen molar-refractivity contribution < 1.29 is 44.6 Å². The lowest BCUT2D eigenvalue weighted by atomic mass is 9.84. The van der Waals surface area contributed by atoms with Crippen molar-refractivity contribution >= 4 is 0 Å². The number of hydrogen-bond acceptors (Lipinski definition) is 5. The summed E-state index contributed by atoms with van der Waals surface area (Å²) in [5.74, 6) is -24.8. The number of nitriles is 1. The summed E-state index contributed by atoms with van der Waals surface area (Å²) < 4.78 is 121. The molecule has 0 aromatic rings. The van der Waals surface area contributed by atoms with Gasteiger partial charge in [0.1, 0.15) is 13.2 Å². The second kappa shape index (κ2) is 10.6. The van der Waals surface area contributed by atoms with E-state index in [2.05, 4.69) is 9.47 Å². The summed E-state index contributed by atoms with van der Waals surface area (Å²) >= 11 is 0. The van der Waals surface area contributed by atoms with Crippen molar-refractivity contribution in [3.63, 3.8) is 0 Å². The third-order valence-corrected chi connectivity index (χ3v) is 6.18. The highest BCUT2D eigenvalue weighted by atomic mass is 19.4. The SMILES string of the molecule is N#CC1CCC(OCC(F)(F)C(F)(F)C(F)(F)C(F)(F)COCC2CC(N)CC(N)C2)CC1. The first-order valence-corrected chi connectivity index (χ1v) is 10.7. The Bertz CT molecular complexity index is 671.